The van der Waals surface area contributed by atoms with E-state index in [1.54, 1.807) is 30.3 Å². The summed E-state index contributed by atoms with van der Waals surface area (Å²) < 4.78 is 16.2. The number of hydrogen-bond donors (Lipinski definition) is 1. The number of ether oxygens (including phenoxy) is 3. The number of nitrogens with zero attached hydrogens (tertiary/aromatic N) is 1. The first kappa shape index (κ1) is 22.9. The van der Waals surface area contributed by atoms with E-state index in [0.717, 1.165) is 16.2 Å². The second kappa shape index (κ2) is 9.70. The molecule has 1 aliphatic rings. The summed E-state index contributed by atoms with van der Waals surface area (Å²) in [5.74, 6) is 0.765. The van der Waals surface area contributed by atoms with Crippen LogP contribution in [0.15, 0.2) is 72.4 Å². The van der Waals surface area contributed by atoms with Crippen molar-refractivity contribution in [3.05, 3.63) is 83.6 Å². The fourth-order valence-electron chi connectivity index (χ4n) is 3.74. The van der Waals surface area contributed by atoms with Crippen molar-refractivity contribution in [1.82, 2.24) is 0 Å². The molecule has 0 fully saturated rings. The number of amides is 2. The van der Waals surface area contributed by atoms with E-state index in [1.807, 2.05) is 50.2 Å². The molecule has 0 radical (unpaired) electrons. The lowest BCUT2D eigenvalue weighted by atomic mass is 10.0. The largest absolute Gasteiger partial charge is 0.497 e. The van der Waals surface area contributed by atoms with Crippen molar-refractivity contribution in [2.45, 2.75) is 13.8 Å². The van der Waals surface area contributed by atoms with Crippen molar-refractivity contribution in [3.63, 3.8) is 0 Å². The molecule has 0 aromatic heterocycles. The predicted molar refractivity (Wildman–Crippen MR) is 131 cm³/mol. The summed E-state index contributed by atoms with van der Waals surface area (Å²) in [7, 11) is 3.03. The van der Waals surface area contributed by atoms with Gasteiger partial charge in [-0.3, -0.25) is 9.59 Å². The lowest BCUT2D eigenvalue weighted by Gasteiger charge is -2.17. The average molecular weight is 459 g/mol. The van der Waals surface area contributed by atoms with Crippen molar-refractivity contribution in [2.24, 2.45) is 0 Å². The van der Waals surface area contributed by atoms with Crippen LogP contribution in [0.1, 0.15) is 18.1 Å². The Hall–Kier alpha value is -4.26. The third-order valence-corrected chi connectivity index (χ3v) is 5.45. The van der Waals surface area contributed by atoms with Gasteiger partial charge >= 0.3 is 0 Å². The minimum Gasteiger partial charge on any atom is -0.497 e. The zero-order chi connectivity index (χ0) is 24.2. The minimum absolute atomic E-state index is 0.194. The standard InChI is InChI=1S/C27H26N2O5/c1-5-34-21-12-10-19(11-13-21)28-25-24(18-8-6-17(2)7-9-18)26(30)29(27(25)31)20-14-22(32-3)16-23(15-20)33-4/h6-16,28H,5H2,1-4H3. The lowest BCUT2D eigenvalue weighted by Crippen LogP contribution is -2.32. The molecule has 0 saturated heterocycles. The monoisotopic (exact) mass is 458 g/mol. The number of imide groups is 1. The molecule has 0 unspecified atom stereocenters. The van der Waals surface area contributed by atoms with E-state index in [-0.39, 0.29) is 5.70 Å². The Balaban J connectivity index is 1.78. The van der Waals surface area contributed by atoms with E-state index in [1.165, 1.54) is 14.2 Å². The van der Waals surface area contributed by atoms with Gasteiger partial charge < -0.3 is 19.5 Å². The SMILES string of the molecule is CCOc1ccc(NC2=C(c3ccc(C)cc3)C(=O)N(c3cc(OC)cc(OC)c3)C2=O)cc1. The van der Waals surface area contributed by atoms with Crippen LogP contribution in [-0.4, -0.2) is 32.6 Å². The first-order valence-corrected chi connectivity index (χ1v) is 10.9. The predicted octanol–water partition coefficient (Wildman–Crippen LogP) is 4.81. The van der Waals surface area contributed by atoms with Crippen LogP contribution in [-0.2, 0) is 9.59 Å². The van der Waals surface area contributed by atoms with Gasteiger partial charge in [0, 0.05) is 23.9 Å². The highest BCUT2D eigenvalue weighted by Gasteiger charge is 2.40. The lowest BCUT2D eigenvalue weighted by molar-refractivity contribution is -0.120. The van der Waals surface area contributed by atoms with Crippen molar-refractivity contribution in [2.75, 3.05) is 31.0 Å². The van der Waals surface area contributed by atoms with Crippen LogP contribution in [0.5, 0.6) is 17.2 Å². The van der Waals surface area contributed by atoms with Gasteiger partial charge in [0.15, 0.2) is 0 Å². The number of carbonyl (C=O) groups excluding carboxylic acids is 2. The minimum atomic E-state index is -0.468. The molecule has 0 aliphatic carbocycles. The first-order valence-electron chi connectivity index (χ1n) is 10.9. The van der Waals surface area contributed by atoms with Crippen LogP contribution in [0.25, 0.3) is 5.57 Å². The summed E-state index contributed by atoms with van der Waals surface area (Å²) >= 11 is 0. The molecule has 0 atom stereocenters. The highest BCUT2D eigenvalue weighted by atomic mass is 16.5. The van der Waals surface area contributed by atoms with E-state index in [4.69, 9.17) is 14.2 Å². The van der Waals surface area contributed by atoms with Gasteiger partial charge in [0.1, 0.15) is 22.9 Å². The summed E-state index contributed by atoms with van der Waals surface area (Å²) in [6.45, 7) is 4.44. The molecular formula is C27H26N2O5. The maximum absolute atomic E-state index is 13.6. The smallest absolute Gasteiger partial charge is 0.282 e. The molecule has 34 heavy (non-hydrogen) atoms. The molecule has 174 valence electrons. The molecule has 0 bridgehead atoms. The Morgan fingerprint density at radius 1 is 0.794 bits per heavy atom. The third kappa shape index (κ3) is 4.45. The second-order valence-corrected chi connectivity index (χ2v) is 7.71. The molecule has 7 heteroatoms. The summed E-state index contributed by atoms with van der Waals surface area (Å²) in [6.07, 6.45) is 0. The Kier molecular flexibility index (Phi) is 6.54. The molecule has 1 heterocycles. The maximum Gasteiger partial charge on any atom is 0.282 e. The highest BCUT2D eigenvalue weighted by molar-refractivity contribution is 6.46. The van der Waals surface area contributed by atoms with E-state index in [9.17, 15) is 9.59 Å². The Labute approximate surface area is 198 Å². The molecule has 0 saturated carbocycles. The Morgan fingerprint density at radius 3 is 1.97 bits per heavy atom. The highest BCUT2D eigenvalue weighted by Crippen LogP contribution is 2.37. The number of nitrogens with one attached hydrogen (secondary N) is 1. The van der Waals surface area contributed by atoms with Gasteiger partial charge in [0.2, 0.25) is 0 Å². The van der Waals surface area contributed by atoms with E-state index in [0.29, 0.717) is 40.6 Å². The zero-order valence-corrected chi connectivity index (χ0v) is 19.5. The maximum atomic E-state index is 13.6. The fourth-order valence-corrected chi connectivity index (χ4v) is 3.74. The van der Waals surface area contributed by atoms with Gasteiger partial charge in [-0.1, -0.05) is 29.8 Å². The van der Waals surface area contributed by atoms with Gasteiger partial charge in [0.25, 0.3) is 11.8 Å². The van der Waals surface area contributed by atoms with Crippen molar-refractivity contribution in [3.8, 4) is 17.2 Å². The number of aryl methyl sites for hydroxylation is 1. The molecule has 7 nitrogen and oxygen atoms in total. The summed E-state index contributed by atoms with van der Waals surface area (Å²) in [5.41, 5.74) is 3.21. The Bertz CT molecular complexity index is 1220. The normalized spacial score (nSPS) is 13.4. The Morgan fingerprint density at radius 2 is 1.41 bits per heavy atom. The first-order chi connectivity index (χ1) is 16.4. The van der Waals surface area contributed by atoms with Crippen molar-refractivity contribution < 1.29 is 23.8 Å². The van der Waals surface area contributed by atoms with Gasteiger partial charge in [-0.15, -0.1) is 0 Å². The van der Waals surface area contributed by atoms with Gasteiger partial charge in [-0.05, 0) is 43.7 Å². The van der Waals surface area contributed by atoms with Crippen LogP contribution in [0, 0.1) is 6.92 Å². The van der Waals surface area contributed by atoms with Crippen LogP contribution in [0.4, 0.5) is 11.4 Å². The fraction of sp³-hybridized carbons (Fsp3) is 0.185. The number of benzene rings is 3. The van der Waals surface area contributed by atoms with Crippen molar-refractivity contribution >= 4 is 28.8 Å². The number of rotatable bonds is 8. The molecule has 4 rings (SSSR count). The molecule has 3 aromatic carbocycles. The van der Waals surface area contributed by atoms with Crippen LogP contribution < -0.4 is 24.4 Å². The van der Waals surface area contributed by atoms with Crippen LogP contribution in [0.2, 0.25) is 0 Å². The van der Waals surface area contributed by atoms with E-state index in [2.05, 4.69) is 5.32 Å². The zero-order valence-electron chi connectivity index (χ0n) is 19.5. The topological polar surface area (TPSA) is 77.1 Å². The molecule has 1 aliphatic heterocycles. The van der Waals surface area contributed by atoms with Gasteiger partial charge in [0.05, 0.1) is 32.1 Å². The van der Waals surface area contributed by atoms with Crippen LogP contribution in [0.3, 0.4) is 0 Å². The molecule has 3 aromatic rings. The third-order valence-electron chi connectivity index (χ3n) is 5.45. The summed E-state index contributed by atoms with van der Waals surface area (Å²) in [6, 6.07) is 19.7. The molecule has 0 spiro atoms. The molecule has 1 N–H and O–H groups in total. The number of carbonyl (C=O) groups is 2. The second-order valence-electron chi connectivity index (χ2n) is 7.71. The molecule has 2 amide bonds. The van der Waals surface area contributed by atoms with Crippen LogP contribution >= 0.6 is 0 Å². The summed E-state index contributed by atoms with van der Waals surface area (Å²) in [4.78, 5) is 28.4. The number of anilines is 2. The number of hydrogen-bond acceptors (Lipinski definition) is 6. The van der Waals surface area contributed by atoms with Gasteiger partial charge in [-0.2, -0.15) is 0 Å². The average Bonchev–Trinajstić information content (AvgIpc) is 3.09. The van der Waals surface area contributed by atoms with E-state index < -0.39 is 11.8 Å². The quantitative estimate of drug-likeness (QED) is 0.489. The van der Waals surface area contributed by atoms with Gasteiger partial charge in [-0.25, -0.2) is 4.90 Å². The van der Waals surface area contributed by atoms with Crippen molar-refractivity contribution in [1.29, 1.82) is 0 Å². The summed E-state index contributed by atoms with van der Waals surface area (Å²) in [5, 5.41) is 3.16. The van der Waals surface area contributed by atoms with E-state index >= 15 is 0 Å². The molecular weight excluding hydrogens is 432 g/mol. The number of methoxy groups -OCH3 is 2.